The van der Waals surface area contributed by atoms with Crippen LogP contribution < -0.4 is 10.1 Å². The second kappa shape index (κ2) is 12.2. The third kappa shape index (κ3) is 6.47. The molecule has 1 aliphatic rings. The quantitative estimate of drug-likeness (QED) is 0.259. The Bertz CT molecular complexity index is 684. The van der Waals surface area contributed by atoms with E-state index in [-0.39, 0.29) is 47.8 Å². The summed E-state index contributed by atoms with van der Waals surface area (Å²) in [4.78, 5) is 21.2. The smallest absolute Gasteiger partial charge is 0.310 e. The zero-order chi connectivity index (χ0) is 20.7. The van der Waals surface area contributed by atoms with Gasteiger partial charge in [-0.25, -0.2) is 0 Å². The minimum atomic E-state index is -0.147. The van der Waals surface area contributed by atoms with Crippen molar-refractivity contribution in [2.45, 2.75) is 19.9 Å². The van der Waals surface area contributed by atoms with Gasteiger partial charge in [0.2, 0.25) is 0 Å². The second-order valence-electron chi connectivity index (χ2n) is 7.43. The van der Waals surface area contributed by atoms with Crippen molar-refractivity contribution in [3.05, 3.63) is 29.8 Å². The normalized spacial score (nSPS) is 20.2. The minimum Gasteiger partial charge on any atom is -0.496 e. The number of carbonyl (C=O) groups excluding carboxylic acids is 1. The lowest BCUT2D eigenvalue weighted by molar-refractivity contribution is -0.145. The van der Waals surface area contributed by atoms with E-state index in [0.29, 0.717) is 13.1 Å². The van der Waals surface area contributed by atoms with Crippen molar-refractivity contribution in [2.75, 3.05) is 54.5 Å². The van der Waals surface area contributed by atoms with Gasteiger partial charge >= 0.3 is 5.97 Å². The molecule has 1 fully saturated rings. The molecule has 0 amide bonds. The summed E-state index contributed by atoms with van der Waals surface area (Å²) in [7, 11) is 7.24. The summed E-state index contributed by atoms with van der Waals surface area (Å²) in [6, 6.07) is 8.13. The van der Waals surface area contributed by atoms with E-state index in [0.717, 1.165) is 30.4 Å². The van der Waals surface area contributed by atoms with Crippen LogP contribution in [0.25, 0.3) is 0 Å². The third-order valence-electron chi connectivity index (χ3n) is 5.29. The Morgan fingerprint density at radius 2 is 2.00 bits per heavy atom. The highest BCUT2D eigenvalue weighted by Crippen LogP contribution is 2.29. The Morgan fingerprint density at radius 1 is 1.31 bits per heavy atom. The van der Waals surface area contributed by atoms with Crippen molar-refractivity contribution < 1.29 is 14.3 Å². The fraction of sp³-hybridized carbons (Fsp3) is 0.619. The monoisotopic (exact) mass is 518 g/mol. The summed E-state index contributed by atoms with van der Waals surface area (Å²) in [6.45, 7) is 6.91. The van der Waals surface area contributed by atoms with Gasteiger partial charge in [0, 0.05) is 25.2 Å². The van der Waals surface area contributed by atoms with Gasteiger partial charge in [-0.05, 0) is 33.0 Å². The van der Waals surface area contributed by atoms with Crippen molar-refractivity contribution in [1.82, 2.24) is 15.1 Å². The number of aliphatic imine (C=N–C) groups is 1. The number of methoxy groups -OCH3 is 2. The lowest BCUT2D eigenvalue weighted by Gasteiger charge is -2.27. The summed E-state index contributed by atoms with van der Waals surface area (Å²) < 4.78 is 10.5. The maximum absolute atomic E-state index is 12.0. The minimum absolute atomic E-state index is 0. The third-order valence-corrected chi connectivity index (χ3v) is 5.29. The molecular weight excluding hydrogens is 483 g/mol. The molecule has 164 valence electrons. The SMILES string of the molecule is CCNC(=NCC(c1ccccc1OC)N(C)C)N1CC(C)C(C(=O)OC)C1.I. The van der Waals surface area contributed by atoms with Crippen LogP contribution in [-0.2, 0) is 9.53 Å². The van der Waals surface area contributed by atoms with Crippen molar-refractivity contribution in [3.8, 4) is 5.75 Å². The highest BCUT2D eigenvalue weighted by Gasteiger charge is 2.37. The summed E-state index contributed by atoms with van der Waals surface area (Å²) in [6.07, 6.45) is 0. The zero-order valence-corrected chi connectivity index (χ0v) is 20.7. The van der Waals surface area contributed by atoms with Crippen molar-refractivity contribution in [3.63, 3.8) is 0 Å². The van der Waals surface area contributed by atoms with Crippen LogP contribution in [0, 0.1) is 11.8 Å². The largest absolute Gasteiger partial charge is 0.496 e. The molecule has 8 heteroatoms. The lowest BCUT2D eigenvalue weighted by atomic mass is 9.99. The van der Waals surface area contributed by atoms with Crippen LogP contribution in [0.5, 0.6) is 5.75 Å². The molecule has 1 N–H and O–H groups in total. The Morgan fingerprint density at radius 3 is 2.59 bits per heavy atom. The van der Waals surface area contributed by atoms with Crippen molar-refractivity contribution >= 4 is 35.9 Å². The Labute approximate surface area is 191 Å². The number of guanidine groups is 1. The summed E-state index contributed by atoms with van der Waals surface area (Å²) in [5.41, 5.74) is 1.11. The van der Waals surface area contributed by atoms with Gasteiger partial charge in [-0.1, -0.05) is 25.1 Å². The van der Waals surface area contributed by atoms with E-state index in [1.54, 1.807) is 7.11 Å². The molecule has 0 aromatic heterocycles. The van der Waals surface area contributed by atoms with Gasteiger partial charge < -0.3 is 24.6 Å². The van der Waals surface area contributed by atoms with Crippen molar-refractivity contribution in [1.29, 1.82) is 0 Å². The van der Waals surface area contributed by atoms with E-state index in [4.69, 9.17) is 14.5 Å². The van der Waals surface area contributed by atoms with Crippen LogP contribution in [0.2, 0.25) is 0 Å². The molecule has 29 heavy (non-hydrogen) atoms. The highest BCUT2D eigenvalue weighted by atomic mass is 127. The highest BCUT2D eigenvalue weighted by molar-refractivity contribution is 14.0. The molecular formula is C21H35IN4O3. The standard InChI is InChI=1S/C21H34N4O3.HI/c1-7-22-21(25-13-15(2)17(14-25)20(26)28-6)23-12-18(24(3)4)16-10-8-9-11-19(16)27-5;/h8-11,15,17-18H,7,12-14H2,1-6H3,(H,22,23);1H. The summed E-state index contributed by atoms with van der Waals surface area (Å²) in [5.74, 6) is 1.67. The number of hydrogen-bond donors (Lipinski definition) is 1. The number of ether oxygens (including phenoxy) is 2. The van der Waals surface area contributed by atoms with Crippen LogP contribution in [-0.4, -0.2) is 76.2 Å². The Kier molecular flexibility index (Phi) is 10.7. The number of benzene rings is 1. The number of likely N-dealkylation sites (N-methyl/N-ethyl adjacent to an activating group) is 1. The topological polar surface area (TPSA) is 66.4 Å². The summed E-state index contributed by atoms with van der Waals surface area (Å²) in [5, 5.41) is 3.37. The molecule has 3 atom stereocenters. The lowest BCUT2D eigenvalue weighted by Crippen LogP contribution is -2.41. The molecule has 0 aliphatic carbocycles. The van der Waals surface area contributed by atoms with Crippen LogP contribution in [0.1, 0.15) is 25.5 Å². The van der Waals surface area contributed by atoms with E-state index in [1.807, 2.05) is 32.3 Å². The molecule has 1 aromatic carbocycles. The molecule has 1 saturated heterocycles. The molecule has 1 aliphatic heterocycles. The van der Waals surface area contributed by atoms with Gasteiger partial charge in [0.05, 0.1) is 32.7 Å². The van der Waals surface area contributed by atoms with Gasteiger partial charge in [-0.3, -0.25) is 9.79 Å². The molecule has 0 saturated carbocycles. The number of hydrogen-bond acceptors (Lipinski definition) is 5. The molecule has 0 bridgehead atoms. The number of para-hydroxylation sites is 1. The average Bonchev–Trinajstić information content (AvgIpc) is 3.08. The maximum Gasteiger partial charge on any atom is 0.310 e. The van der Waals surface area contributed by atoms with Gasteiger partial charge in [-0.2, -0.15) is 0 Å². The molecule has 2 rings (SSSR count). The number of carbonyl (C=O) groups is 1. The predicted octanol–water partition coefficient (Wildman–Crippen LogP) is 2.62. The number of rotatable bonds is 7. The number of halogens is 1. The van der Waals surface area contributed by atoms with Crippen LogP contribution in [0.4, 0.5) is 0 Å². The first-order valence-electron chi connectivity index (χ1n) is 9.83. The second-order valence-corrected chi connectivity index (χ2v) is 7.43. The molecule has 1 heterocycles. The predicted molar refractivity (Wildman–Crippen MR) is 127 cm³/mol. The maximum atomic E-state index is 12.0. The van der Waals surface area contributed by atoms with E-state index in [9.17, 15) is 4.79 Å². The summed E-state index contributed by atoms with van der Waals surface area (Å²) >= 11 is 0. The number of nitrogens with zero attached hydrogens (tertiary/aromatic N) is 3. The van der Waals surface area contributed by atoms with Crippen molar-refractivity contribution in [2.24, 2.45) is 16.8 Å². The molecule has 0 radical (unpaired) electrons. The van der Waals surface area contributed by atoms with E-state index < -0.39 is 0 Å². The van der Waals surface area contributed by atoms with Gasteiger partial charge in [0.15, 0.2) is 5.96 Å². The molecule has 3 unspecified atom stereocenters. The first-order chi connectivity index (χ1) is 13.4. The van der Waals surface area contributed by atoms with E-state index in [1.165, 1.54) is 7.11 Å². The first-order valence-corrected chi connectivity index (χ1v) is 9.83. The number of esters is 1. The van der Waals surface area contributed by atoms with Gasteiger partial charge in [0.25, 0.3) is 0 Å². The van der Waals surface area contributed by atoms with E-state index >= 15 is 0 Å². The average molecular weight is 518 g/mol. The van der Waals surface area contributed by atoms with Crippen LogP contribution >= 0.6 is 24.0 Å². The zero-order valence-electron chi connectivity index (χ0n) is 18.3. The van der Waals surface area contributed by atoms with Crippen LogP contribution in [0.15, 0.2) is 29.3 Å². The Hall–Kier alpha value is -1.55. The van der Waals surface area contributed by atoms with Gasteiger partial charge in [0.1, 0.15) is 5.75 Å². The number of likely N-dealkylation sites (tertiary alicyclic amines) is 1. The fourth-order valence-electron chi connectivity index (χ4n) is 3.68. The first kappa shape index (κ1) is 25.5. The molecule has 7 nitrogen and oxygen atoms in total. The van der Waals surface area contributed by atoms with E-state index in [2.05, 4.69) is 35.0 Å². The molecule has 1 aromatic rings. The van der Waals surface area contributed by atoms with Gasteiger partial charge in [-0.15, -0.1) is 24.0 Å². The molecule has 0 spiro atoms. The van der Waals surface area contributed by atoms with Crippen LogP contribution in [0.3, 0.4) is 0 Å². The number of nitrogens with one attached hydrogen (secondary N) is 1. The fourth-order valence-corrected chi connectivity index (χ4v) is 3.68. The Balaban J connectivity index is 0.00000420.